The largest absolute Gasteiger partial charge is 0.382 e. The number of nitrogens with one attached hydrogen (secondary N) is 1. The van der Waals surface area contributed by atoms with Crippen molar-refractivity contribution in [2.45, 2.75) is 31.1 Å². The summed E-state index contributed by atoms with van der Waals surface area (Å²) >= 11 is 0. The maximum absolute atomic E-state index is 12.9. The summed E-state index contributed by atoms with van der Waals surface area (Å²) in [6.07, 6.45) is 1.95. The molecule has 3 aromatic carbocycles. The number of carbonyl (C=O) groups is 2. The smallest absolute Gasteiger partial charge is 0.264 e. The van der Waals surface area contributed by atoms with Crippen LogP contribution in [0.25, 0.3) is 11.3 Å². The van der Waals surface area contributed by atoms with Crippen molar-refractivity contribution in [1.82, 2.24) is 14.7 Å². The van der Waals surface area contributed by atoms with Gasteiger partial charge >= 0.3 is 0 Å². The summed E-state index contributed by atoms with van der Waals surface area (Å²) in [4.78, 5) is 33.6. The van der Waals surface area contributed by atoms with Crippen molar-refractivity contribution >= 4 is 27.5 Å². The number of hydrogen-bond donors (Lipinski definition) is 2. The number of amides is 1. The molecule has 1 heterocycles. The number of hydrogen-bond acceptors (Lipinski definition) is 7. The molecular weight excluding hydrogens is 488 g/mol. The number of nitrogens with zero attached hydrogens (tertiary/aromatic N) is 2. The minimum atomic E-state index is -4.03. The fraction of sp³-hybridized carbons (Fsp3) is 0.143. The lowest BCUT2D eigenvalue weighted by Crippen LogP contribution is -2.30. The molecule has 9 heteroatoms. The Morgan fingerprint density at radius 3 is 2.24 bits per heavy atom. The summed E-state index contributed by atoms with van der Waals surface area (Å²) in [5.74, 6) is -0.910. The first-order chi connectivity index (χ1) is 17.7. The highest BCUT2D eigenvalue weighted by Crippen LogP contribution is 2.20. The lowest BCUT2D eigenvalue weighted by molar-refractivity contribution is -0.119. The molecule has 0 aliphatic rings. The molecule has 0 spiro atoms. The molecule has 1 amide bonds. The van der Waals surface area contributed by atoms with Gasteiger partial charge in [0.2, 0.25) is 5.91 Å². The molecule has 0 aliphatic carbocycles. The summed E-state index contributed by atoms with van der Waals surface area (Å²) in [7, 11) is -4.03. The van der Waals surface area contributed by atoms with Gasteiger partial charge in [-0.15, -0.1) is 0 Å². The average Bonchev–Trinajstić information content (AvgIpc) is 2.89. The second-order valence-electron chi connectivity index (χ2n) is 8.61. The van der Waals surface area contributed by atoms with Gasteiger partial charge in [0.1, 0.15) is 5.69 Å². The lowest BCUT2D eigenvalue weighted by atomic mass is 10.1. The Bertz CT molecular complexity index is 1520. The number of anilines is 1. The van der Waals surface area contributed by atoms with Crippen LogP contribution in [0.5, 0.6) is 0 Å². The molecular formula is C28H26N4O4S. The Balaban J connectivity index is 1.41. The molecule has 0 saturated heterocycles. The topological polar surface area (TPSA) is 132 Å². The van der Waals surface area contributed by atoms with Gasteiger partial charge in [-0.1, -0.05) is 72.3 Å². The maximum atomic E-state index is 12.9. The van der Waals surface area contributed by atoms with E-state index in [0.29, 0.717) is 17.7 Å². The number of rotatable bonds is 9. The highest BCUT2D eigenvalue weighted by atomic mass is 32.2. The predicted molar refractivity (Wildman–Crippen MR) is 141 cm³/mol. The van der Waals surface area contributed by atoms with Crippen molar-refractivity contribution < 1.29 is 18.0 Å². The van der Waals surface area contributed by atoms with Crippen molar-refractivity contribution in [3.05, 3.63) is 107 Å². The summed E-state index contributed by atoms with van der Waals surface area (Å²) in [5.41, 5.74) is 9.93. The van der Waals surface area contributed by atoms with Crippen LogP contribution in [-0.2, 0) is 27.7 Å². The Morgan fingerprint density at radius 2 is 1.57 bits per heavy atom. The second kappa shape index (κ2) is 11.1. The van der Waals surface area contributed by atoms with E-state index in [1.54, 1.807) is 0 Å². The monoisotopic (exact) mass is 514 g/mol. The number of aryl methyl sites for hydroxylation is 2. The summed E-state index contributed by atoms with van der Waals surface area (Å²) in [5, 5.41) is 0. The molecule has 0 unspecified atom stereocenters. The number of nitrogens with two attached hydrogens (primary N) is 1. The van der Waals surface area contributed by atoms with Crippen LogP contribution in [-0.4, -0.2) is 30.1 Å². The Morgan fingerprint density at radius 1 is 0.892 bits per heavy atom. The Labute approximate surface area is 215 Å². The third-order valence-electron chi connectivity index (χ3n) is 5.74. The van der Waals surface area contributed by atoms with Gasteiger partial charge in [0.15, 0.2) is 11.6 Å². The second-order valence-corrected chi connectivity index (χ2v) is 10.3. The zero-order chi connectivity index (χ0) is 26.4. The Hall–Kier alpha value is -4.37. The van der Waals surface area contributed by atoms with Gasteiger partial charge < -0.3 is 5.73 Å². The van der Waals surface area contributed by atoms with E-state index in [2.05, 4.69) is 14.7 Å². The third-order valence-corrected chi connectivity index (χ3v) is 7.13. The minimum Gasteiger partial charge on any atom is -0.382 e. The van der Waals surface area contributed by atoms with Crippen molar-refractivity contribution in [3.8, 4) is 11.3 Å². The third kappa shape index (κ3) is 6.65. The Kier molecular flexibility index (Phi) is 7.74. The van der Waals surface area contributed by atoms with Crippen LogP contribution in [0.4, 0.5) is 5.82 Å². The number of ketones is 1. The minimum absolute atomic E-state index is 0.0262. The summed E-state index contributed by atoms with van der Waals surface area (Å²) < 4.78 is 27.3. The van der Waals surface area contributed by atoms with Crippen molar-refractivity contribution in [2.24, 2.45) is 0 Å². The van der Waals surface area contributed by atoms with Gasteiger partial charge in [0.05, 0.1) is 16.8 Å². The van der Waals surface area contributed by atoms with E-state index >= 15 is 0 Å². The average molecular weight is 515 g/mol. The van der Waals surface area contributed by atoms with Gasteiger partial charge in [0, 0.05) is 18.4 Å². The van der Waals surface area contributed by atoms with Crippen LogP contribution in [0, 0.1) is 6.92 Å². The molecule has 8 nitrogen and oxygen atoms in total. The molecule has 188 valence electrons. The normalized spacial score (nSPS) is 11.2. The van der Waals surface area contributed by atoms with Gasteiger partial charge in [-0.2, -0.15) is 0 Å². The first-order valence-electron chi connectivity index (χ1n) is 11.6. The maximum Gasteiger partial charge on any atom is 0.264 e. The van der Waals surface area contributed by atoms with Gasteiger partial charge in [-0.25, -0.2) is 23.1 Å². The molecule has 3 N–H and O–H groups in total. The lowest BCUT2D eigenvalue weighted by Gasteiger charge is -2.09. The van der Waals surface area contributed by atoms with E-state index in [9.17, 15) is 18.0 Å². The molecule has 0 bridgehead atoms. The summed E-state index contributed by atoms with van der Waals surface area (Å²) in [6.45, 7) is 1.98. The van der Waals surface area contributed by atoms with E-state index in [1.165, 1.54) is 30.5 Å². The molecule has 4 rings (SSSR count). The molecule has 0 aliphatic heterocycles. The summed E-state index contributed by atoms with van der Waals surface area (Å²) in [6, 6.07) is 22.8. The zero-order valence-electron chi connectivity index (χ0n) is 20.2. The first-order valence-corrected chi connectivity index (χ1v) is 13.1. The highest BCUT2D eigenvalue weighted by molar-refractivity contribution is 7.90. The fourth-order valence-electron chi connectivity index (χ4n) is 3.68. The van der Waals surface area contributed by atoms with E-state index in [0.717, 1.165) is 16.7 Å². The van der Waals surface area contributed by atoms with Crippen molar-refractivity contribution in [3.63, 3.8) is 0 Å². The van der Waals surface area contributed by atoms with Crippen LogP contribution < -0.4 is 10.5 Å². The number of nitrogen functional groups attached to an aromatic ring is 1. The molecule has 0 radical (unpaired) electrons. The molecule has 1 aromatic heterocycles. The van der Waals surface area contributed by atoms with E-state index in [1.807, 2.05) is 61.5 Å². The zero-order valence-corrected chi connectivity index (χ0v) is 21.0. The van der Waals surface area contributed by atoms with E-state index in [4.69, 9.17) is 5.73 Å². The van der Waals surface area contributed by atoms with Crippen molar-refractivity contribution in [1.29, 1.82) is 0 Å². The molecule has 0 atom stereocenters. The van der Waals surface area contributed by atoms with Crippen LogP contribution in [0.15, 0.2) is 90.0 Å². The number of sulfonamides is 1. The standard InChI is InChI=1S/C28H26N4O4S/c1-19-7-12-22(13-8-19)24-18-30-28(29)27(31-24)25(33)17-21-9-14-23(15-10-21)37(35,36)32-26(34)16-11-20-5-3-2-4-6-20/h2-10,12-15,18H,11,16-17H2,1H3,(H2,29,30)(H,32,34). The molecule has 4 aromatic rings. The number of Topliss-reactive ketones (excluding diaryl/α,β-unsaturated/α-hetero) is 1. The predicted octanol–water partition coefficient (Wildman–Crippen LogP) is 3.90. The number of benzene rings is 3. The van der Waals surface area contributed by atoms with Crippen LogP contribution >= 0.6 is 0 Å². The molecule has 0 fully saturated rings. The van der Waals surface area contributed by atoms with Crippen LogP contribution in [0.1, 0.15) is 33.6 Å². The SMILES string of the molecule is Cc1ccc(-c2cnc(N)c(C(=O)Cc3ccc(S(=O)(=O)NC(=O)CCc4ccccc4)cc3)n2)cc1. The fourth-order valence-corrected chi connectivity index (χ4v) is 4.70. The molecule has 37 heavy (non-hydrogen) atoms. The number of aromatic nitrogens is 2. The number of carbonyl (C=O) groups excluding carboxylic acids is 2. The van der Waals surface area contributed by atoms with Crippen molar-refractivity contribution in [2.75, 3.05) is 5.73 Å². The van der Waals surface area contributed by atoms with E-state index < -0.39 is 15.9 Å². The van der Waals surface area contributed by atoms with Gasteiger partial charge in [0.25, 0.3) is 10.0 Å². The van der Waals surface area contributed by atoms with E-state index in [-0.39, 0.29) is 35.0 Å². The first kappa shape index (κ1) is 25.7. The van der Waals surface area contributed by atoms with Crippen LogP contribution in [0.2, 0.25) is 0 Å². The van der Waals surface area contributed by atoms with Gasteiger partial charge in [-0.05, 0) is 36.6 Å². The molecule has 0 saturated carbocycles. The van der Waals surface area contributed by atoms with Crippen LogP contribution in [0.3, 0.4) is 0 Å². The highest BCUT2D eigenvalue weighted by Gasteiger charge is 2.19. The quantitative estimate of drug-likeness (QED) is 0.324. The van der Waals surface area contributed by atoms with Gasteiger partial charge in [-0.3, -0.25) is 9.59 Å².